The molecule has 3 aromatic rings. The van der Waals surface area contributed by atoms with Gasteiger partial charge in [-0.3, -0.25) is 15.5 Å². The second-order valence-corrected chi connectivity index (χ2v) is 5.94. The van der Waals surface area contributed by atoms with Crippen molar-refractivity contribution in [1.82, 2.24) is 0 Å². The van der Waals surface area contributed by atoms with Crippen LogP contribution in [-0.2, 0) is 6.18 Å². The van der Waals surface area contributed by atoms with Gasteiger partial charge in [-0.2, -0.15) is 18.3 Å². The Labute approximate surface area is 166 Å². The summed E-state index contributed by atoms with van der Waals surface area (Å²) >= 11 is 0. The highest BCUT2D eigenvalue weighted by Gasteiger charge is 2.33. The summed E-state index contributed by atoms with van der Waals surface area (Å²) in [5.74, 6) is -0.375. The standard InChI is InChI=1S/C19H12F3N3O5/c20-19(21,22)13-5-7-15(16(9-13)25(28)29)24-23-10-14-6-8-17(30-14)11-1-3-12(4-2-11)18(26)27/h1-10,24H,(H,26,27)/b23-10-. The average Bonchev–Trinajstić information content (AvgIpc) is 3.16. The van der Waals surface area contributed by atoms with E-state index in [9.17, 15) is 28.1 Å². The van der Waals surface area contributed by atoms with E-state index >= 15 is 0 Å². The van der Waals surface area contributed by atoms with Gasteiger partial charge in [0.05, 0.1) is 22.3 Å². The molecule has 2 aromatic carbocycles. The van der Waals surface area contributed by atoms with Crippen LogP contribution in [0.4, 0.5) is 24.5 Å². The molecule has 0 aliphatic carbocycles. The lowest BCUT2D eigenvalue weighted by molar-refractivity contribution is -0.384. The number of nitro groups is 1. The minimum absolute atomic E-state index is 0.120. The third-order valence-corrected chi connectivity index (χ3v) is 3.94. The lowest BCUT2D eigenvalue weighted by Gasteiger charge is -2.08. The monoisotopic (exact) mass is 419 g/mol. The van der Waals surface area contributed by atoms with E-state index in [2.05, 4.69) is 10.5 Å². The van der Waals surface area contributed by atoms with Crippen LogP contribution in [0.15, 0.2) is 64.1 Å². The number of carbonyl (C=O) groups is 1. The Morgan fingerprint density at radius 3 is 2.43 bits per heavy atom. The minimum atomic E-state index is -4.71. The Hall–Kier alpha value is -4.15. The molecule has 154 valence electrons. The molecule has 0 fully saturated rings. The van der Waals surface area contributed by atoms with Gasteiger partial charge in [0.2, 0.25) is 0 Å². The van der Waals surface area contributed by atoms with Gasteiger partial charge in [-0.25, -0.2) is 4.79 Å². The topological polar surface area (TPSA) is 118 Å². The van der Waals surface area contributed by atoms with Crippen molar-refractivity contribution >= 4 is 23.6 Å². The van der Waals surface area contributed by atoms with E-state index in [0.29, 0.717) is 23.5 Å². The number of nitrogens with one attached hydrogen (secondary N) is 1. The lowest BCUT2D eigenvalue weighted by Crippen LogP contribution is -2.06. The first-order valence-electron chi connectivity index (χ1n) is 8.23. The van der Waals surface area contributed by atoms with Crippen molar-refractivity contribution in [3.8, 4) is 11.3 Å². The maximum atomic E-state index is 12.7. The molecule has 0 saturated carbocycles. The van der Waals surface area contributed by atoms with Gasteiger partial charge in [0, 0.05) is 11.6 Å². The van der Waals surface area contributed by atoms with Crippen molar-refractivity contribution < 1.29 is 32.4 Å². The third kappa shape index (κ3) is 4.63. The molecule has 0 bridgehead atoms. The van der Waals surface area contributed by atoms with Crippen molar-refractivity contribution in [1.29, 1.82) is 0 Å². The molecule has 3 rings (SSSR count). The minimum Gasteiger partial charge on any atom is -0.478 e. The zero-order valence-corrected chi connectivity index (χ0v) is 14.9. The Kier molecular flexibility index (Phi) is 5.54. The predicted molar refractivity (Wildman–Crippen MR) is 100 cm³/mol. The van der Waals surface area contributed by atoms with Crippen LogP contribution < -0.4 is 5.43 Å². The van der Waals surface area contributed by atoms with Gasteiger partial charge < -0.3 is 9.52 Å². The molecular formula is C19H12F3N3O5. The number of carboxylic acids is 1. The quantitative estimate of drug-likeness (QED) is 0.329. The number of alkyl halides is 3. The van der Waals surface area contributed by atoms with Crippen LogP contribution in [0.3, 0.4) is 0 Å². The molecule has 0 saturated heterocycles. The predicted octanol–water partition coefficient (Wildman–Crippen LogP) is 5.02. The van der Waals surface area contributed by atoms with Crippen molar-refractivity contribution in [3.63, 3.8) is 0 Å². The maximum Gasteiger partial charge on any atom is 0.416 e. The van der Waals surface area contributed by atoms with Crippen LogP contribution in [0.5, 0.6) is 0 Å². The van der Waals surface area contributed by atoms with Gasteiger partial charge in [-0.15, -0.1) is 0 Å². The largest absolute Gasteiger partial charge is 0.478 e. The SMILES string of the molecule is O=C(O)c1ccc(-c2ccc(/C=N\Nc3ccc(C(F)(F)F)cc3[N+](=O)[O-])o2)cc1. The Bertz CT molecular complexity index is 1120. The van der Waals surface area contributed by atoms with E-state index in [-0.39, 0.29) is 17.0 Å². The van der Waals surface area contributed by atoms with Gasteiger partial charge >= 0.3 is 12.1 Å². The van der Waals surface area contributed by atoms with Gasteiger partial charge in [0.15, 0.2) is 0 Å². The zero-order chi connectivity index (χ0) is 21.9. The summed E-state index contributed by atoms with van der Waals surface area (Å²) in [4.78, 5) is 21.0. The summed E-state index contributed by atoms with van der Waals surface area (Å²) in [6.07, 6.45) is -3.52. The number of hydrogen-bond donors (Lipinski definition) is 2. The van der Waals surface area contributed by atoms with Gasteiger partial charge in [0.25, 0.3) is 5.69 Å². The van der Waals surface area contributed by atoms with Crippen molar-refractivity contribution in [2.24, 2.45) is 5.10 Å². The maximum absolute atomic E-state index is 12.7. The normalized spacial score (nSPS) is 11.6. The first-order valence-corrected chi connectivity index (χ1v) is 8.23. The molecule has 0 aliphatic rings. The molecule has 1 heterocycles. The first kappa shape index (κ1) is 20.6. The van der Waals surface area contributed by atoms with Crippen molar-refractivity contribution in [2.45, 2.75) is 6.18 Å². The summed E-state index contributed by atoms with van der Waals surface area (Å²) in [5.41, 5.74) is 0.918. The molecule has 2 N–H and O–H groups in total. The molecule has 8 nitrogen and oxygen atoms in total. The van der Waals surface area contributed by atoms with Crippen LogP contribution in [0.1, 0.15) is 21.7 Å². The number of hydrazone groups is 1. The molecule has 0 amide bonds. The summed E-state index contributed by atoms with van der Waals surface area (Å²) in [6.45, 7) is 0. The number of halogens is 3. The van der Waals surface area contributed by atoms with Crippen LogP contribution in [0.2, 0.25) is 0 Å². The number of benzene rings is 2. The first-order chi connectivity index (χ1) is 14.1. The number of aromatic carboxylic acids is 1. The molecule has 30 heavy (non-hydrogen) atoms. The summed E-state index contributed by atoms with van der Waals surface area (Å²) in [5, 5.41) is 23.7. The number of furan rings is 1. The fraction of sp³-hybridized carbons (Fsp3) is 0.0526. The number of rotatable bonds is 6. The Morgan fingerprint density at radius 2 is 1.83 bits per heavy atom. The van der Waals surface area contributed by atoms with Gasteiger partial charge in [-0.05, 0) is 36.4 Å². The highest BCUT2D eigenvalue weighted by Crippen LogP contribution is 2.35. The lowest BCUT2D eigenvalue weighted by atomic mass is 10.1. The molecule has 0 aliphatic heterocycles. The highest BCUT2D eigenvalue weighted by atomic mass is 19.4. The van der Waals surface area contributed by atoms with E-state index in [4.69, 9.17) is 9.52 Å². The van der Waals surface area contributed by atoms with E-state index in [1.165, 1.54) is 18.3 Å². The Balaban J connectivity index is 1.75. The average molecular weight is 419 g/mol. The van der Waals surface area contributed by atoms with Crippen LogP contribution in [0, 0.1) is 10.1 Å². The zero-order valence-electron chi connectivity index (χ0n) is 14.9. The number of nitrogens with zero attached hydrogens (tertiary/aromatic N) is 2. The van der Waals surface area contributed by atoms with E-state index in [0.717, 1.165) is 6.07 Å². The summed E-state index contributed by atoms with van der Waals surface area (Å²) < 4.78 is 43.7. The van der Waals surface area contributed by atoms with Crippen LogP contribution in [-0.4, -0.2) is 22.2 Å². The second-order valence-electron chi connectivity index (χ2n) is 5.94. The van der Waals surface area contributed by atoms with E-state index in [1.807, 2.05) is 0 Å². The third-order valence-electron chi connectivity index (χ3n) is 3.94. The van der Waals surface area contributed by atoms with Crippen LogP contribution >= 0.6 is 0 Å². The molecular weight excluding hydrogens is 407 g/mol. The molecule has 1 aromatic heterocycles. The molecule has 0 radical (unpaired) electrons. The van der Waals surface area contributed by atoms with Crippen molar-refractivity contribution in [3.05, 3.63) is 81.6 Å². The number of carboxylic acid groups (broad SMARTS) is 1. The fourth-order valence-electron chi connectivity index (χ4n) is 2.47. The molecule has 0 unspecified atom stereocenters. The second kappa shape index (κ2) is 8.07. The molecule has 0 atom stereocenters. The van der Waals surface area contributed by atoms with Crippen molar-refractivity contribution in [2.75, 3.05) is 5.43 Å². The summed E-state index contributed by atoms with van der Waals surface area (Å²) in [7, 11) is 0. The number of hydrogen-bond acceptors (Lipinski definition) is 6. The number of anilines is 1. The summed E-state index contributed by atoms with van der Waals surface area (Å²) in [6, 6.07) is 11.2. The van der Waals surface area contributed by atoms with E-state index < -0.39 is 28.3 Å². The molecule has 11 heteroatoms. The number of nitro benzene ring substituents is 1. The smallest absolute Gasteiger partial charge is 0.416 e. The molecule has 0 spiro atoms. The van der Waals surface area contributed by atoms with E-state index in [1.54, 1.807) is 24.3 Å². The fourth-order valence-corrected chi connectivity index (χ4v) is 2.47. The van der Waals surface area contributed by atoms with Crippen LogP contribution in [0.25, 0.3) is 11.3 Å². The Morgan fingerprint density at radius 1 is 1.13 bits per heavy atom. The van der Waals surface area contributed by atoms with Gasteiger partial charge in [-0.1, -0.05) is 12.1 Å². The van der Waals surface area contributed by atoms with Gasteiger partial charge in [0.1, 0.15) is 17.2 Å². The highest BCUT2D eigenvalue weighted by molar-refractivity contribution is 5.88.